The van der Waals surface area contributed by atoms with Crippen molar-refractivity contribution in [1.29, 1.82) is 0 Å². The number of carbonyl (C=O) groups is 1. The molecule has 88 valence electrons. The van der Waals surface area contributed by atoms with E-state index in [9.17, 15) is 10.0 Å². The molecule has 0 saturated heterocycles. The molecule has 6 heteroatoms. The lowest BCUT2D eigenvalue weighted by molar-refractivity contribution is 0.104. The molecule has 2 heterocycles. The zero-order valence-electron chi connectivity index (χ0n) is 9.41. The Balaban J connectivity index is 2.24. The Kier molecular flexibility index (Phi) is 3.06. The van der Waals surface area contributed by atoms with E-state index >= 15 is 0 Å². The highest BCUT2D eigenvalue weighted by Crippen LogP contribution is 2.12. The van der Waals surface area contributed by atoms with E-state index in [2.05, 4.69) is 9.97 Å². The first-order chi connectivity index (χ1) is 8.09. The Morgan fingerprint density at radius 2 is 2.29 bits per heavy atom. The molecule has 0 atom stereocenters. The van der Waals surface area contributed by atoms with Gasteiger partial charge in [-0.15, -0.1) is 11.3 Å². The van der Waals surface area contributed by atoms with Crippen LogP contribution in [0.5, 0.6) is 0 Å². The van der Waals surface area contributed by atoms with Crippen LogP contribution in [0.1, 0.15) is 27.0 Å². The molecule has 0 saturated carbocycles. The number of hydrogen-bond donors (Lipinski definition) is 1. The van der Waals surface area contributed by atoms with Crippen molar-refractivity contribution in [3.8, 4) is 0 Å². The highest BCUT2D eigenvalue weighted by Gasteiger charge is 2.09. The smallest absolute Gasteiger partial charge is 0.214 e. The van der Waals surface area contributed by atoms with Crippen LogP contribution in [0.2, 0.25) is 0 Å². The largest absolute Gasteiger partial charge is 0.427 e. The molecule has 17 heavy (non-hydrogen) atoms. The summed E-state index contributed by atoms with van der Waals surface area (Å²) in [6.45, 7) is 3.46. The van der Waals surface area contributed by atoms with E-state index in [0.717, 1.165) is 4.73 Å². The molecule has 0 aliphatic rings. The molecule has 0 amide bonds. The molecular weight excluding hydrogens is 238 g/mol. The molecule has 2 aromatic rings. The molecule has 0 radical (unpaired) electrons. The van der Waals surface area contributed by atoms with E-state index in [1.54, 1.807) is 31.5 Å². The lowest BCUT2D eigenvalue weighted by Crippen LogP contribution is -1.97. The molecular formula is C11H11N3O2S. The van der Waals surface area contributed by atoms with Gasteiger partial charge >= 0.3 is 0 Å². The highest BCUT2D eigenvalue weighted by molar-refractivity contribution is 7.11. The first kappa shape index (κ1) is 11.5. The van der Waals surface area contributed by atoms with Gasteiger partial charge in [0.15, 0.2) is 5.01 Å². The summed E-state index contributed by atoms with van der Waals surface area (Å²) in [7, 11) is 0. The summed E-state index contributed by atoms with van der Waals surface area (Å²) in [5.74, 6) is 0.308. The van der Waals surface area contributed by atoms with Crippen LogP contribution in [0, 0.1) is 13.8 Å². The van der Waals surface area contributed by atoms with Crippen LogP contribution in [0.3, 0.4) is 0 Å². The minimum atomic E-state index is -0.182. The van der Waals surface area contributed by atoms with Crippen LogP contribution in [0.4, 0.5) is 0 Å². The molecule has 0 spiro atoms. The molecule has 5 nitrogen and oxygen atoms in total. The lowest BCUT2D eigenvalue weighted by atomic mass is 10.3. The summed E-state index contributed by atoms with van der Waals surface area (Å²) in [5, 5.41) is 11.8. The van der Waals surface area contributed by atoms with Gasteiger partial charge in [-0.25, -0.2) is 9.97 Å². The predicted molar refractivity (Wildman–Crippen MR) is 64.4 cm³/mol. The first-order valence-electron chi connectivity index (χ1n) is 4.96. The maximum atomic E-state index is 11.7. The first-order valence-corrected chi connectivity index (χ1v) is 5.84. The molecule has 0 aliphatic carbocycles. The van der Waals surface area contributed by atoms with Gasteiger partial charge in [-0.1, -0.05) is 0 Å². The lowest BCUT2D eigenvalue weighted by Gasteiger charge is -1.96. The summed E-state index contributed by atoms with van der Waals surface area (Å²) >= 11 is 1.28. The molecule has 2 aromatic heterocycles. The van der Waals surface area contributed by atoms with E-state index in [4.69, 9.17) is 0 Å². The van der Waals surface area contributed by atoms with Crippen LogP contribution >= 0.6 is 11.3 Å². The number of rotatable bonds is 3. The van der Waals surface area contributed by atoms with Gasteiger partial charge in [-0.3, -0.25) is 4.79 Å². The van der Waals surface area contributed by atoms with Crippen LogP contribution in [0.25, 0.3) is 6.08 Å². The topological polar surface area (TPSA) is 68.0 Å². The summed E-state index contributed by atoms with van der Waals surface area (Å²) in [4.78, 5) is 19.7. The van der Waals surface area contributed by atoms with Crippen LogP contribution < -0.4 is 0 Å². The van der Waals surface area contributed by atoms with Crippen molar-refractivity contribution in [2.75, 3.05) is 0 Å². The zero-order chi connectivity index (χ0) is 12.4. The molecule has 0 unspecified atom stereocenters. The number of imidazole rings is 1. The highest BCUT2D eigenvalue weighted by atomic mass is 32.1. The van der Waals surface area contributed by atoms with Gasteiger partial charge in [-0.05, 0) is 26.0 Å². The second kappa shape index (κ2) is 4.50. The number of carbonyl (C=O) groups excluding carboxylic acids is 1. The van der Waals surface area contributed by atoms with Crippen molar-refractivity contribution in [2.24, 2.45) is 0 Å². The maximum absolute atomic E-state index is 11.7. The molecule has 0 aromatic carbocycles. The molecule has 1 N–H and O–H groups in total. The number of aryl methyl sites for hydroxylation is 2. The van der Waals surface area contributed by atoms with Crippen LogP contribution in [0.15, 0.2) is 17.7 Å². The monoisotopic (exact) mass is 249 g/mol. The van der Waals surface area contributed by atoms with E-state index in [-0.39, 0.29) is 5.78 Å². The van der Waals surface area contributed by atoms with Crippen molar-refractivity contribution < 1.29 is 10.0 Å². The maximum Gasteiger partial charge on any atom is 0.214 e. The quantitative estimate of drug-likeness (QED) is 0.514. The van der Waals surface area contributed by atoms with Crippen LogP contribution in [-0.2, 0) is 0 Å². The zero-order valence-corrected chi connectivity index (χ0v) is 10.2. The van der Waals surface area contributed by atoms with Crippen molar-refractivity contribution in [2.45, 2.75) is 13.8 Å². The second-order valence-electron chi connectivity index (χ2n) is 3.48. The Morgan fingerprint density at radius 3 is 2.82 bits per heavy atom. The second-order valence-corrected chi connectivity index (χ2v) is 4.37. The van der Waals surface area contributed by atoms with Gasteiger partial charge < -0.3 is 5.21 Å². The van der Waals surface area contributed by atoms with Gasteiger partial charge in [0.1, 0.15) is 11.5 Å². The van der Waals surface area contributed by atoms with Crippen molar-refractivity contribution in [3.05, 3.63) is 39.9 Å². The molecule has 0 fully saturated rings. The summed E-state index contributed by atoms with van der Waals surface area (Å²) in [6.07, 6.45) is 4.51. The average molecular weight is 249 g/mol. The normalized spacial score (nSPS) is 11.2. The Labute approximate surface area is 102 Å². The van der Waals surface area contributed by atoms with E-state index in [1.807, 2.05) is 0 Å². The van der Waals surface area contributed by atoms with Gasteiger partial charge in [0.25, 0.3) is 0 Å². The average Bonchev–Trinajstić information content (AvgIpc) is 2.88. The van der Waals surface area contributed by atoms with Gasteiger partial charge in [0.2, 0.25) is 5.78 Å². The Bertz CT molecular complexity index is 570. The fourth-order valence-corrected chi connectivity index (χ4v) is 1.99. The van der Waals surface area contributed by atoms with Crippen molar-refractivity contribution in [1.82, 2.24) is 14.7 Å². The fourth-order valence-electron chi connectivity index (χ4n) is 1.44. The predicted octanol–water partition coefficient (Wildman–Crippen LogP) is 2.09. The molecule has 0 bridgehead atoms. The minimum Gasteiger partial charge on any atom is -0.427 e. The third-order valence-corrected chi connectivity index (χ3v) is 3.06. The number of allylic oxidation sites excluding steroid dienone is 1. The summed E-state index contributed by atoms with van der Waals surface area (Å²) in [5.41, 5.74) is 1.18. The third-order valence-electron chi connectivity index (χ3n) is 2.27. The minimum absolute atomic E-state index is 0.182. The number of nitrogens with zero attached hydrogens (tertiary/aromatic N) is 3. The number of aromatic nitrogens is 3. The van der Waals surface area contributed by atoms with Crippen molar-refractivity contribution in [3.63, 3.8) is 0 Å². The Hall–Kier alpha value is -1.95. The van der Waals surface area contributed by atoms with E-state index < -0.39 is 0 Å². The van der Waals surface area contributed by atoms with Crippen molar-refractivity contribution >= 4 is 23.2 Å². The third kappa shape index (κ3) is 2.26. The number of hydrogen-bond acceptors (Lipinski definition) is 5. The fraction of sp³-hybridized carbons (Fsp3) is 0.182. The van der Waals surface area contributed by atoms with Gasteiger partial charge in [0, 0.05) is 11.6 Å². The van der Waals surface area contributed by atoms with E-state index in [0.29, 0.717) is 22.2 Å². The number of thiazole rings is 1. The molecule has 0 aliphatic heterocycles. The number of ketones is 1. The Morgan fingerprint density at radius 1 is 1.53 bits per heavy atom. The summed E-state index contributed by atoms with van der Waals surface area (Å²) < 4.78 is 0.959. The summed E-state index contributed by atoms with van der Waals surface area (Å²) in [6, 6.07) is 0. The standard InChI is InChI=1S/C11H11N3O2S/c1-7-9(14(16)8(2)13-7)3-4-10(15)11-12-5-6-17-11/h3-6,16H,1-2H3/b4-3+. The SMILES string of the molecule is Cc1nc(C)n(O)c1/C=C/C(=O)c1nccs1. The molecule has 2 rings (SSSR count). The van der Waals surface area contributed by atoms with E-state index in [1.165, 1.54) is 17.4 Å². The van der Waals surface area contributed by atoms with Crippen LogP contribution in [-0.4, -0.2) is 25.7 Å². The van der Waals surface area contributed by atoms with Gasteiger partial charge in [-0.2, -0.15) is 4.73 Å². The van der Waals surface area contributed by atoms with Gasteiger partial charge in [0.05, 0.1) is 5.69 Å².